The largest absolute Gasteiger partial charge is 0.462 e. The van der Waals surface area contributed by atoms with Gasteiger partial charge in [-0.25, -0.2) is 13.2 Å². The fraction of sp³-hybridized carbons (Fsp3) is 0.316. The number of rotatable bonds is 7. The first-order valence-corrected chi connectivity index (χ1v) is 9.92. The average molecular weight is 376 g/mol. The first-order valence-electron chi connectivity index (χ1n) is 8.43. The molecule has 6 nitrogen and oxygen atoms in total. The van der Waals surface area contributed by atoms with Gasteiger partial charge in [-0.2, -0.15) is 0 Å². The van der Waals surface area contributed by atoms with Crippen LogP contribution in [0, 0.1) is 13.8 Å². The first kappa shape index (κ1) is 19.8. The van der Waals surface area contributed by atoms with E-state index in [1.54, 1.807) is 38.1 Å². The zero-order chi connectivity index (χ0) is 19.3. The molecule has 0 heterocycles. The Morgan fingerprint density at radius 1 is 1.04 bits per heavy atom. The van der Waals surface area contributed by atoms with E-state index in [1.165, 1.54) is 6.07 Å². The number of aryl methyl sites for hydroxylation is 2. The van der Waals surface area contributed by atoms with Gasteiger partial charge in [-0.1, -0.05) is 17.7 Å². The molecule has 0 unspecified atom stereocenters. The molecule has 26 heavy (non-hydrogen) atoms. The molecule has 7 heteroatoms. The van der Waals surface area contributed by atoms with Crippen LogP contribution >= 0.6 is 0 Å². The Labute approximate surface area is 154 Å². The maximum Gasteiger partial charge on any atom is 0.338 e. The molecule has 2 aromatic carbocycles. The van der Waals surface area contributed by atoms with Crippen LogP contribution in [0.5, 0.6) is 0 Å². The first-order chi connectivity index (χ1) is 12.3. The van der Waals surface area contributed by atoms with Crippen molar-refractivity contribution in [1.29, 1.82) is 0 Å². The minimum Gasteiger partial charge on any atom is -0.462 e. The summed E-state index contributed by atoms with van der Waals surface area (Å²) in [6.07, 6.45) is 0. The molecule has 140 valence electrons. The molecule has 0 amide bonds. The Kier molecular flexibility index (Phi) is 6.26. The number of benzene rings is 2. The van der Waals surface area contributed by atoms with Gasteiger partial charge >= 0.3 is 5.97 Å². The fourth-order valence-electron chi connectivity index (χ4n) is 2.62. The number of ether oxygens (including phenoxy) is 1. The van der Waals surface area contributed by atoms with E-state index in [0.717, 1.165) is 5.56 Å². The van der Waals surface area contributed by atoms with Crippen LogP contribution in [0.2, 0.25) is 0 Å². The lowest BCUT2D eigenvalue weighted by molar-refractivity contribution is 0.0526. The fourth-order valence-corrected chi connectivity index (χ4v) is 3.91. The number of carbonyl (C=O) groups excluding carboxylic acids is 1. The van der Waals surface area contributed by atoms with Crippen LogP contribution in [-0.2, 0) is 14.8 Å². The number of hydrogen-bond acceptors (Lipinski definition) is 5. The van der Waals surface area contributed by atoms with E-state index in [-0.39, 0.29) is 17.1 Å². The average Bonchev–Trinajstić information content (AvgIpc) is 2.56. The van der Waals surface area contributed by atoms with Crippen molar-refractivity contribution in [2.45, 2.75) is 32.6 Å². The number of carbonyl (C=O) groups is 1. The van der Waals surface area contributed by atoms with Gasteiger partial charge in [-0.3, -0.25) is 4.72 Å². The summed E-state index contributed by atoms with van der Waals surface area (Å²) in [6, 6.07) is 9.89. The lowest BCUT2D eigenvalue weighted by Crippen LogP contribution is -2.16. The zero-order valence-corrected chi connectivity index (χ0v) is 16.2. The van der Waals surface area contributed by atoms with Gasteiger partial charge in [0.15, 0.2) is 0 Å². The number of sulfonamides is 1. The van der Waals surface area contributed by atoms with Crippen molar-refractivity contribution in [2.24, 2.45) is 0 Å². The molecule has 2 N–H and O–H groups in total. The van der Waals surface area contributed by atoms with Crippen LogP contribution in [0.3, 0.4) is 0 Å². The van der Waals surface area contributed by atoms with Crippen LogP contribution in [0.15, 0.2) is 41.3 Å². The van der Waals surface area contributed by atoms with E-state index >= 15 is 0 Å². The molecule has 0 aromatic heterocycles. The van der Waals surface area contributed by atoms with Gasteiger partial charge in [0.2, 0.25) is 0 Å². The van der Waals surface area contributed by atoms with Crippen molar-refractivity contribution in [3.8, 4) is 0 Å². The SMILES string of the molecule is CCNc1ccc(C(=O)OCC)cc1NS(=O)(=O)c1ccc(C)cc1C. The van der Waals surface area contributed by atoms with E-state index < -0.39 is 16.0 Å². The summed E-state index contributed by atoms with van der Waals surface area (Å²) in [7, 11) is -3.80. The van der Waals surface area contributed by atoms with Gasteiger partial charge in [0.05, 0.1) is 28.4 Å². The molecule has 0 saturated heterocycles. The molecule has 0 aliphatic heterocycles. The van der Waals surface area contributed by atoms with Crippen molar-refractivity contribution < 1.29 is 17.9 Å². The molecule has 0 aliphatic carbocycles. The highest BCUT2D eigenvalue weighted by atomic mass is 32.2. The Bertz CT molecular complexity index is 908. The van der Waals surface area contributed by atoms with E-state index in [0.29, 0.717) is 23.5 Å². The summed E-state index contributed by atoms with van der Waals surface area (Å²) in [4.78, 5) is 12.2. The topological polar surface area (TPSA) is 84.5 Å². The second-order valence-electron chi connectivity index (χ2n) is 5.89. The predicted octanol–water partition coefficient (Wildman–Crippen LogP) is 3.71. The minimum absolute atomic E-state index is 0.201. The van der Waals surface area contributed by atoms with Crippen molar-refractivity contribution in [2.75, 3.05) is 23.2 Å². The smallest absolute Gasteiger partial charge is 0.338 e. The van der Waals surface area contributed by atoms with Crippen molar-refractivity contribution in [3.63, 3.8) is 0 Å². The van der Waals surface area contributed by atoms with Crippen molar-refractivity contribution in [3.05, 3.63) is 53.1 Å². The molecule has 0 radical (unpaired) electrons. The normalized spacial score (nSPS) is 11.1. The lowest BCUT2D eigenvalue weighted by Gasteiger charge is -2.16. The molecule has 0 saturated carbocycles. The van der Waals surface area contributed by atoms with Gasteiger partial charge < -0.3 is 10.1 Å². The van der Waals surface area contributed by atoms with Crippen LogP contribution in [-0.4, -0.2) is 27.5 Å². The van der Waals surface area contributed by atoms with Crippen molar-refractivity contribution in [1.82, 2.24) is 0 Å². The maximum absolute atomic E-state index is 12.8. The van der Waals surface area contributed by atoms with Gasteiger partial charge in [-0.05, 0) is 57.5 Å². The molecular weight excluding hydrogens is 352 g/mol. The standard InChI is InChI=1S/C19H24N2O4S/c1-5-20-16-9-8-15(19(22)25-6-2)12-17(16)21-26(23,24)18-10-7-13(3)11-14(18)4/h7-12,20-21H,5-6H2,1-4H3. The summed E-state index contributed by atoms with van der Waals surface area (Å²) in [5.74, 6) is -0.498. The summed E-state index contributed by atoms with van der Waals surface area (Å²) in [5.41, 5.74) is 2.82. The molecule has 0 spiro atoms. The highest BCUT2D eigenvalue weighted by Gasteiger charge is 2.20. The molecule has 0 atom stereocenters. The lowest BCUT2D eigenvalue weighted by atomic mass is 10.1. The maximum atomic E-state index is 12.8. The Morgan fingerprint density at radius 2 is 1.77 bits per heavy atom. The van der Waals surface area contributed by atoms with Crippen LogP contribution in [0.25, 0.3) is 0 Å². The highest BCUT2D eigenvalue weighted by molar-refractivity contribution is 7.92. The second kappa shape index (κ2) is 8.23. The van der Waals surface area contributed by atoms with E-state index in [2.05, 4.69) is 10.0 Å². The van der Waals surface area contributed by atoms with Crippen LogP contribution < -0.4 is 10.0 Å². The quantitative estimate of drug-likeness (QED) is 0.720. The third-order valence-electron chi connectivity index (χ3n) is 3.76. The third-order valence-corrected chi connectivity index (χ3v) is 5.29. The molecule has 2 aromatic rings. The third kappa shape index (κ3) is 4.54. The van der Waals surface area contributed by atoms with Gasteiger partial charge in [-0.15, -0.1) is 0 Å². The molecule has 2 rings (SSSR count). The van der Waals surface area contributed by atoms with Crippen molar-refractivity contribution >= 4 is 27.4 Å². The minimum atomic E-state index is -3.80. The van der Waals surface area contributed by atoms with Crippen LogP contribution in [0.4, 0.5) is 11.4 Å². The number of hydrogen-bond donors (Lipinski definition) is 2. The summed E-state index contributed by atoms with van der Waals surface area (Å²) < 4.78 is 33.3. The summed E-state index contributed by atoms with van der Waals surface area (Å²) >= 11 is 0. The molecule has 0 aliphatic rings. The molecular formula is C19H24N2O4S. The van der Waals surface area contributed by atoms with Crippen LogP contribution in [0.1, 0.15) is 35.3 Å². The van der Waals surface area contributed by atoms with E-state index in [9.17, 15) is 13.2 Å². The number of esters is 1. The monoisotopic (exact) mass is 376 g/mol. The van der Waals surface area contributed by atoms with Gasteiger partial charge in [0.25, 0.3) is 10.0 Å². The Morgan fingerprint density at radius 3 is 2.38 bits per heavy atom. The Hall–Kier alpha value is -2.54. The molecule has 0 fully saturated rings. The predicted molar refractivity (Wildman–Crippen MR) is 103 cm³/mol. The van der Waals surface area contributed by atoms with Gasteiger partial charge in [0, 0.05) is 6.54 Å². The number of nitrogens with one attached hydrogen (secondary N) is 2. The van der Waals surface area contributed by atoms with E-state index in [1.807, 2.05) is 19.9 Å². The summed E-state index contributed by atoms with van der Waals surface area (Å²) in [5, 5.41) is 3.09. The van der Waals surface area contributed by atoms with E-state index in [4.69, 9.17) is 4.74 Å². The number of anilines is 2. The highest BCUT2D eigenvalue weighted by Crippen LogP contribution is 2.27. The molecule has 0 bridgehead atoms. The van der Waals surface area contributed by atoms with Gasteiger partial charge in [0.1, 0.15) is 0 Å². The summed E-state index contributed by atoms with van der Waals surface area (Å²) in [6.45, 7) is 8.13. The second-order valence-corrected chi connectivity index (χ2v) is 7.54. The zero-order valence-electron chi connectivity index (χ0n) is 15.4. The Balaban J connectivity index is 2.44.